The summed E-state index contributed by atoms with van der Waals surface area (Å²) in [7, 11) is 0. The molecular formula is C12H17NO. The molecule has 1 heterocycles. The number of ether oxygens (including phenoxy) is 1. The molecule has 2 N–H and O–H groups in total. The molecule has 0 radical (unpaired) electrons. The summed E-state index contributed by atoms with van der Waals surface area (Å²) in [6.07, 6.45) is 1.14. The van der Waals surface area contributed by atoms with Crippen molar-refractivity contribution in [2.45, 2.75) is 25.3 Å². The molecule has 0 aromatic heterocycles. The zero-order valence-electron chi connectivity index (χ0n) is 8.62. The summed E-state index contributed by atoms with van der Waals surface area (Å²) in [6, 6.07) is 8.57. The third-order valence-electron chi connectivity index (χ3n) is 3.21. The Morgan fingerprint density at radius 3 is 2.71 bits per heavy atom. The molecule has 1 aromatic rings. The van der Waals surface area contributed by atoms with E-state index >= 15 is 0 Å². The second-order valence-electron chi connectivity index (χ2n) is 4.03. The molecule has 1 aromatic carbocycles. The third kappa shape index (κ3) is 1.45. The van der Waals surface area contributed by atoms with E-state index in [1.807, 2.05) is 0 Å². The van der Waals surface area contributed by atoms with Crippen molar-refractivity contribution in [3.8, 4) is 0 Å². The molecule has 1 saturated heterocycles. The molecule has 0 saturated carbocycles. The van der Waals surface area contributed by atoms with E-state index in [2.05, 4.69) is 31.2 Å². The van der Waals surface area contributed by atoms with Gasteiger partial charge in [-0.15, -0.1) is 0 Å². The van der Waals surface area contributed by atoms with Crippen molar-refractivity contribution in [3.63, 3.8) is 0 Å². The highest BCUT2D eigenvalue weighted by atomic mass is 16.5. The Balaban J connectivity index is 2.30. The highest BCUT2D eigenvalue weighted by Gasteiger charge is 2.38. The Labute approximate surface area is 85.1 Å². The molecule has 0 aliphatic carbocycles. The van der Waals surface area contributed by atoms with Gasteiger partial charge in [-0.3, -0.25) is 0 Å². The maximum Gasteiger partial charge on any atom is 0.0585 e. The van der Waals surface area contributed by atoms with Crippen molar-refractivity contribution >= 4 is 0 Å². The smallest absolute Gasteiger partial charge is 0.0585 e. The summed E-state index contributed by atoms with van der Waals surface area (Å²) in [4.78, 5) is 0. The molecule has 2 rings (SSSR count). The van der Waals surface area contributed by atoms with Crippen LogP contribution in [0.2, 0.25) is 0 Å². The minimum absolute atomic E-state index is 0.269. The average Bonchev–Trinajstić information content (AvgIpc) is 2.18. The lowest BCUT2D eigenvalue weighted by molar-refractivity contribution is -0.0620. The van der Waals surface area contributed by atoms with Gasteiger partial charge in [0, 0.05) is 12.0 Å². The summed E-state index contributed by atoms with van der Waals surface area (Å²) < 4.78 is 5.33. The predicted molar refractivity (Wildman–Crippen MR) is 57.1 cm³/mol. The van der Waals surface area contributed by atoms with Gasteiger partial charge >= 0.3 is 0 Å². The number of rotatable bonds is 3. The molecule has 0 unspecified atom stereocenters. The van der Waals surface area contributed by atoms with Crippen LogP contribution in [-0.2, 0) is 16.7 Å². The normalized spacial score (nSPS) is 19.0. The second-order valence-corrected chi connectivity index (χ2v) is 4.03. The van der Waals surface area contributed by atoms with Gasteiger partial charge in [-0.2, -0.15) is 0 Å². The summed E-state index contributed by atoms with van der Waals surface area (Å²) in [5.41, 5.74) is 8.49. The van der Waals surface area contributed by atoms with Gasteiger partial charge in [0.2, 0.25) is 0 Å². The second kappa shape index (κ2) is 3.71. The van der Waals surface area contributed by atoms with E-state index in [0.717, 1.165) is 19.6 Å². The number of nitrogens with two attached hydrogens (primary N) is 1. The van der Waals surface area contributed by atoms with Gasteiger partial charge in [-0.05, 0) is 17.5 Å². The van der Waals surface area contributed by atoms with E-state index in [9.17, 15) is 0 Å². The minimum atomic E-state index is 0.269. The van der Waals surface area contributed by atoms with Gasteiger partial charge in [0.25, 0.3) is 0 Å². The lowest BCUT2D eigenvalue weighted by Crippen LogP contribution is -2.46. The fourth-order valence-corrected chi connectivity index (χ4v) is 1.95. The van der Waals surface area contributed by atoms with Gasteiger partial charge in [-0.25, -0.2) is 0 Å². The highest BCUT2D eigenvalue weighted by molar-refractivity contribution is 5.32. The van der Waals surface area contributed by atoms with E-state index in [0.29, 0.717) is 6.54 Å². The van der Waals surface area contributed by atoms with Crippen LogP contribution in [0.25, 0.3) is 0 Å². The van der Waals surface area contributed by atoms with Crippen molar-refractivity contribution in [1.29, 1.82) is 0 Å². The Bertz CT molecular complexity index is 312. The molecule has 76 valence electrons. The monoisotopic (exact) mass is 191 g/mol. The maximum absolute atomic E-state index is 5.63. The largest absolute Gasteiger partial charge is 0.379 e. The van der Waals surface area contributed by atoms with Crippen molar-refractivity contribution in [2.24, 2.45) is 5.73 Å². The number of hydrogen-bond donors (Lipinski definition) is 1. The van der Waals surface area contributed by atoms with Gasteiger partial charge in [0.1, 0.15) is 0 Å². The predicted octanol–water partition coefficient (Wildman–Crippen LogP) is 1.82. The fraction of sp³-hybridized carbons (Fsp3) is 0.500. The average molecular weight is 191 g/mol. The molecule has 1 fully saturated rings. The van der Waals surface area contributed by atoms with E-state index in [-0.39, 0.29) is 5.41 Å². The zero-order chi connectivity index (χ0) is 10.0. The van der Waals surface area contributed by atoms with Crippen LogP contribution in [0.15, 0.2) is 24.3 Å². The van der Waals surface area contributed by atoms with E-state index in [1.54, 1.807) is 0 Å². The van der Waals surface area contributed by atoms with E-state index < -0.39 is 0 Å². The first kappa shape index (κ1) is 9.69. The number of hydrogen-bond acceptors (Lipinski definition) is 2. The zero-order valence-corrected chi connectivity index (χ0v) is 8.62. The standard InChI is InChI=1S/C12H17NO/c1-2-12(8-14-9-12)11-5-3-4-10(6-11)7-13/h3-6H,2,7-9,13H2,1H3. The van der Waals surface area contributed by atoms with Crippen molar-refractivity contribution in [1.82, 2.24) is 0 Å². The van der Waals surface area contributed by atoms with Crippen LogP contribution in [-0.4, -0.2) is 13.2 Å². The maximum atomic E-state index is 5.63. The quantitative estimate of drug-likeness (QED) is 0.791. The highest BCUT2D eigenvalue weighted by Crippen LogP contribution is 2.35. The molecule has 1 aliphatic heterocycles. The summed E-state index contributed by atoms with van der Waals surface area (Å²) in [5, 5.41) is 0. The van der Waals surface area contributed by atoms with Crippen LogP contribution in [0.4, 0.5) is 0 Å². The Hall–Kier alpha value is -0.860. The molecule has 0 atom stereocenters. The van der Waals surface area contributed by atoms with Crippen LogP contribution in [0.3, 0.4) is 0 Å². The fourth-order valence-electron chi connectivity index (χ4n) is 1.95. The molecule has 14 heavy (non-hydrogen) atoms. The summed E-state index contributed by atoms with van der Waals surface area (Å²) in [6.45, 7) is 4.56. The molecule has 0 bridgehead atoms. The molecule has 1 aliphatic rings. The van der Waals surface area contributed by atoms with Crippen molar-refractivity contribution in [3.05, 3.63) is 35.4 Å². The summed E-state index contributed by atoms with van der Waals surface area (Å²) in [5.74, 6) is 0. The topological polar surface area (TPSA) is 35.2 Å². The van der Waals surface area contributed by atoms with Crippen LogP contribution >= 0.6 is 0 Å². The van der Waals surface area contributed by atoms with Crippen molar-refractivity contribution in [2.75, 3.05) is 13.2 Å². The Kier molecular flexibility index (Phi) is 2.57. The molecule has 0 spiro atoms. The van der Waals surface area contributed by atoms with Crippen LogP contribution in [0.5, 0.6) is 0 Å². The van der Waals surface area contributed by atoms with Gasteiger partial charge in [0.05, 0.1) is 13.2 Å². The van der Waals surface area contributed by atoms with Crippen LogP contribution in [0, 0.1) is 0 Å². The first-order valence-electron chi connectivity index (χ1n) is 5.18. The number of benzene rings is 1. The summed E-state index contributed by atoms with van der Waals surface area (Å²) >= 11 is 0. The SMILES string of the molecule is CCC1(c2cccc(CN)c2)COC1. The first-order chi connectivity index (χ1) is 6.80. The molecule has 2 nitrogen and oxygen atoms in total. The van der Waals surface area contributed by atoms with Crippen LogP contribution in [0.1, 0.15) is 24.5 Å². The van der Waals surface area contributed by atoms with Gasteiger partial charge in [-0.1, -0.05) is 31.2 Å². The van der Waals surface area contributed by atoms with Gasteiger partial charge in [0.15, 0.2) is 0 Å². The van der Waals surface area contributed by atoms with Crippen molar-refractivity contribution < 1.29 is 4.74 Å². The third-order valence-corrected chi connectivity index (χ3v) is 3.21. The molecule has 2 heteroatoms. The minimum Gasteiger partial charge on any atom is -0.379 e. The lowest BCUT2D eigenvalue weighted by atomic mass is 9.76. The van der Waals surface area contributed by atoms with E-state index in [1.165, 1.54) is 11.1 Å². The molecular weight excluding hydrogens is 174 g/mol. The first-order valence-corrected chi connectivity index (χ1v) is 5.18. The molecule has 0 amide bonds. The Morgan fingerprint density at radius 2 is 2.21 bits per heavy atom. The van der Waals surface area contributed by atoms with Gasteiger partial charge < -0.3 is 10.5 Å². The van der Waals surface area contributed by atoms with E-state index in [4.69, 9.17) is 10.5 Å². The Morgan fingerprint density at radius 1 is 1.43 bits per heavy atom. The van der Waals surface area contributed by atoms with Crippen LogP contribution < -0.4 is 5.73 Å². The lowest BCUT2D eigenvalue weighted by Gasteiger charge is -2.41.